The van der Waals surface area contributed by atoms with Crippen molar-refractivity contribution >= 4 is 24.0 Å². The summed E-state index contributed by atoms with van der Waals surface area (Å²) in [7, 11) is 0. The molecule has 4 rings (SSSR count). The Bertz CT molecular complexity index is 1160. The molecule has 3 unspecified atom stereocenters. The average molecular weight is 481 g/mol. The van der Waals surface area contributed by atoms with Crippen LogP contribution in [0.3, 0.4) is 0 Å². The molecule has 2 N–H and O–H groups in total. The van der Waals surface area contributed by atoms with Gasteiger partial charge in [0.05, 0.1) is 18.1 Å². The van der Waals surface area contributed by atoms with Crippen LogP contribution < -0.4 is 10.6 Å². The van der Waals surface area contributed by atoms with Crippen LogP contribution in [0, 0.1) is 23.1 Å². The van der Waals surface area contributed by atoms with Gasteiger partial charge in [0.25, 0.3) is 5.91 Å². The highest BCUT2D eigenvalue weighted by Gasteiger charge is 2.44. The van der Waals surface area contributed by atoms with Crippen LogP contribution in [-0.4, -0.2) is 63.1 Å². The van der Waals surface area contributed by atoms with Crippen LogP contribution in [0.25, 0.3) is 5.69 Å². The Morgan fingerprint density at radius 2 is 2.06 bits per heavy atom. The molecule has 2 aliphatic rings. The molecule has 35 heavy (non-hydrogen) atoms. The van der Waals surface area contributed by atoms with Crippen molar-refractivity contribution in [2.75, 3.05) is 6.54 Å². The van der Waals surface area contributed by atoms with Crippen LogP contribution in [0.1, 0.15) is 42.5 Å². The molecule has 0 bridgehead atoms. The van der Waals surface area contributed by atoms with E-state index in [4.69, 9.17) is 5.26 Å². The summed E-state index contributed by atoms with van der Waals surface area (Å²) in [6.07, 6.45) is 7.48. The first-order valence-corrected chi connectivity index (χ1v) is 11.5. The molecule has 11 heteroatoms. The van der Waals surface area contributed by atoms with Crippen LogP contribution >= 0.6 is 0 Å². The third-order valence-electron chi connectivity index (χ3n) is 6.28. The van der Waals surface area contributed by atoms with E-state index in [2.05, 4.69) is 15.6 Å². The molecule has 3 atom stereocenters. The number of aldehydes is 1. The summed E-state index contributed by atoms with van der Waals surface area (Å²) in [5.41, 5.74) is 0.316. The summed E-state index contributed by atoms with van der Waals surface area (Å²) in [6.45, 7) is 0.342. The van der Waals surface area contributed by atoms with E-state index >= 15 is 0 Å². The minimum absolute atomic E-state index is 0.0623. The van der Waals surface area contributed by atoms with Crippen molar-refractivity contribution < 1.29 is 23.6 Å². The Kier molecular flexibility index (Phi) is 7.19. The fraction of sp³-hybridized carbons (Fsp3) is 0.417. The van der Waals surface area contributed by atoms with E-state index in [9.17, 15) is 23.6 Å². The normalized spacial score (nSPS) is 18.9. The number of hydrogen-bond donors (Lipinski definition) is 2. The number of aromatic nitrogens is 2. The fourth-order valence-electron chi connectivity index (χ4n) is 4.28. The second-order valence-electron chi connectivity index (χ2n) is 8.71. The molecule has 1 saturated heterocycles. The van der Waals surface area contributed by atoms with Gasteiger partial charge in [-0.1, -0.05) is 0 Å². The van der Waals surface area contributed by atoms with Crippen molar-refractivity contribution in [1.82, 2.24) is 25.1 Å². The minimum Gasteiger partial charge on any atom is -0.340 e. The number of rotatable bonds is 9. The lowest BCUT2D eigenvalue weighted by atomic mass is 10.1. The van der Waals surface area contributed by atoms with Crippen LogP contribution in [0.15, 0.2) is 36.9 Å². The van der Waals surface area contributed by atoms with Gasteiger partial charge in [0, 0.05) is 30.9 Å². The second kappa shape index (κ2) is 10.5. The Labute approximate surface area is 201 Å². The molecule has 3 amide bonds. The Morgan fingerprint density at radius 3 is 2.69 bits per heavy atom. The number of benzene rings is 1. The lowest BCUT2D eigenvalue weighted by Crippen LogP contribution is -2.55. The van der Waals surface area contributed by atoms with E-state index in [0.717, 1.165) is 18.9 Å². The highest BCUT2D eigenvalue weighted by Crippen LogP contribution is 2.35. The first kappa shape index (κ1) is 24.1. The maximum Gasteiger partial charge on any atom is 0.252 e. The fourth-order valence-corrected chi connectivity index (χ4v) is 4.28. The molecular formula is C24H25FN6O4. The molecule has 1 aromatic carbocycles. The topological polar surface area (TPSA) is 137 Å². The van der Waals surface area contributed by atoms with Crippen LogP contribution in [0.2, 0.25) is 0 Å². The van der Waals surface area contributed by atoms with Gasteiger partial charge >= 0.3 is 0 Å². The number of hydrogen-bond acceptors (Lipinski definition) is 6. The monoisotopic (exact) mass is 480 g/mol. The van der Waals surface area contributed by atoms with Gasteiger partial charge in [-0.3, -0.25) is 14.4 Å². The van der Waals surface area contributed by atoms with Gasteiger partial charge < -0.3 is 24.9 Å². The number of nitrogens with one attached hydrogen (secondary N) is 2. The van der Waals surface area contributed by atoms with Gasteiger partial charge in [-0.25, -0.2) is 9.37 Å². The van der Waals surface area contributed by atoms with Crippen molar-refractivity contribution in [2.45, 2.75) is 50.2 Å². The lowest BCUT2D eigenvalue weighted by Gasteiger charge is -2.29. The van der Waals surface area contributed by atoms with Gasteiger partial charge in [-0.2, -0.15) is 5.26 Å². The number of carbonyl (C=O) groups is 4. The number of nitriles is 1. The predicted molar refractivity (Wildman–Crippen MR) is 120 cm³/mol. The number of likely N-dealkylation sites (tertiary alicyclic amines) is 1. The molecule has 0 spiro atoms. The highest BCUT2D eigenvalue weighted by atomic mass is 19.1. The van der Waals surface area contributed by atoms with E-state index in [-0.39, 0.29) is 29.5 Å². The van der Waals surface area contributed by atoms with Crippen LogP contribution in [-0.2, 0) is 14.4 Å². The standard InChI is InChI=1S/C24H25FN6O4/c25-18-12-16(5-6-19(18)30-10-8-27-14-30)22(33)29-21(15-3-4-15)24(35)31-9-1-2-20(31)23(34)28-17(13-26)7-11-32/h5-6,8,10-12,14-15,17,20-21H,1-4,7,9H2,(H,28,34)(H,29,33). The van der Waals surface area contributed by atoms with Crippen molar-refractivity contribution in [2.24, 2.45) is 5.92 Å². The molecule has 182 valence electrons. The third-order valence-corrected chi connectivity index (χ3v) is 6.28. The quantitative estimate of drug-likeness (QED) is 0.516. The summed E-state index contributed by atoms with van der Waals surface area (Å²) in [5, 5.41) is 14.4. The lowest BCUT2D eigenvalue weighted by molar-refractivity contribution is -0.140. The number of halogens is 1. The average Bonchev–Trinajstić information content (AvgIpc) is 3.32. The third kappa shape index (κ3) is 5.37. The number of amides is 3. The Hall–Kier alpha value is -4.07. The van der Waals surface area contributed by atoms with Gasteiger partial charge in [0.15, 0.2) is 0 Å². The van der Waals surface area contributed by atoms with E-state index < -0.39 is 35.8 Å². The second-order valence-corrected chi connectivity index (χ2v) is 8.71. The first-order chi connectivity index (χ1) is 16.9. The van der Waals surface area contributed by atoms with E-state index in [1.165, 1.54) is 34.1 Å². The van der Waals surface area contributed by atoms with Crippen molar-refractivity contribution in [3.8, 4) is 11.8 Å². The van der Waals surface area contributed by atoms with Gasteiger partial charge in [-0.15, -0.1) is 0 Å². The number of imidazole rings is 1. The minimum atomic E-state index is -0.961. The Balaban J connectivity index is 1.46. The SMILES string of the molecule is N#CC(CC=O)NC(=O)C1CCCN1C(=O)C(NC(=O)c1ccc(-n2ccnc2)c(F)c1)C1CC1. The van der Waals surface area contributed by atoms with Crippen molar-refractivity contribution in [3.05, 3.63) is 48.3 Å². The molecule has 2 heterocycles. The van der Waals surface area contributed by atoms with E-state index in [1.54, 1.807) is 6.20 Å². The van der Waals surface area contributed by atoms with Gasteiger partial charge in [0.1, 0.15) is 30.2 Å². The summed E-state index contributed by atoms with van der Waals surface area (Å²) < 4.78 is 16.1. The van der Waals surface area contributed by atoms with Crippen LogP contribution in [0.5, 0.6) is 0 Å². The molecule has 1 aliphatic carbocycles. The zero-order valence-corrected chi connectivity index (χ0v) is 18.9. The van der Waals surface area contributed by atoms with E-state index in [0.29, 0.717) is 25.7 Å². The highest BCUT2D eigenvalue weighted by molar-refractivity contribution is 5.99. The summed E-state index contributed by atoms with van der Waals surface area (Å²) in [5.74, 6) is -2.13. The molecule has 1 aromatic heterocycles. The molecule has 2 aromatic rings. The van der Waals surface area contributed by atoms with Crippen LogP contribution in [0.4, 0.5) is 4.39 Å². The maximum atomic E-state index is 14.6. The van der Waals surface area contributed by atoms with Gasteiger partial charge in [0.2, 0.25) is 11.8 Å². The number of carbonyl (C=O) groups excluding carboxylic acids is 4. The summed E-state index contributed by atoms with van der Waals surface area (Å²) in [4.78, 5) is 55.0. The smallest absolute Gasteiger partial charge is 0.252 e. The molecule has 0 radical (unpaired) electrons. The largest absolute Gasteiger partial charge is 0.340 e. The predicted octanol–water partition coefficient (Wildman–Crippen LogP) is 1.11. The molecular weight excluding hydrogens is 455 g/mol. The summed E-state index contributed by atoms with van der Waals surface area (Å²) >= 11 is 0. The zero-order valence-electron chi connectivity index (χ0n) is 18.9. The molecule has 1 aliphatic heterocycles. The Morgan fingerprint density at radius 1 is 1.26 bits per heavy atom. The number of nitrogens with zero attached hydrogens (tertiary/aromatic N) is 4. The first-order valence-electron chi connectivity index (χ1n) is 11.5. The molecule has 1 saturated carbocycles. The zero-order chi connectivity index (χ0) is 24.9. The van der Waals surface area contributed by atoms with Gasteiger partial charge in [-0.05, 0) is 49.8 Å². The van der Waals surface area contributed by atoms with E-state index in [1.807, 2.05) is 6.07 Å². The van der Waals surface area contributed by atoms with Crippen molar-refractivity contribution in [1.29, 1.82) is 5.26 Å². The summed E-state index contributed by atoms with van der Waals surface area (Å²) in [6, 6.07) is 3.32. The molecule has 2 fully saturated rings. The molecule has 10 nitrogen and oxygen atoms in total. The maximum absolute atomic E-state index is 14.6. The van der Waals surface area contributed by atoms with Crippen molar-refractivity contribution in [3.63, 3.8) is 0 Å².